The van der Waals surface area contributed by atoms with Gasteiger partial charge in [0.2, 0.25) is 0 Å². The Bertz CT molecular complexity index is 756. The highest BCUT2D eigenvalue weighted by molar-refractivity contribution is 7.80. The van der Waals surface area contributed by atoms with Gasteiger partial charge < -0.3 is 4.74 Å². The number of carbonyl (C=O) groups is 2. The highest BCUT2D eigenvalue weighted by Gasteiger charge is 2.27. The van der Waals surface area contributed by atoms with E-state index < -0.39 is 5.41 Å². The summed E-state index contributed by atoms with van der Waals surface area (Å²) >= 11 is 4.40. The normalized spacial score (nSPS) is 11.2. The maximum Gasteiger partial charge on any atom is 0.164 e. The quantitative estimate of drug-likeness (QED) is 0.447. The van der Waals surface area contributed by atoms with E-state index in [9.17, 15) is 9.59 Å². The van der Waals surface area contributed by atoms with Crippen LogP contribution in [0, 0.1) is 5.41 Å². The van der Waals surface area contributed by atoms with Gasteiger partial charge in [-0.2, -0.15) is 0 Å². The van der Waals surface area contributed by atoms with Crippen molar-refractivity contribution in [3.63, 3.8) is 0 Å². The molecular formula is C19H21O3PS. The van der Waals surface area contributed by atoms with Crippen LogP contribution in [-0.4, -0.2) is 11.3 Å². The van der Waals surface area contributed by atoms with Gasteiger partial charge in [0, 0.05) is 27.9 Å². The van der Waals surface area contributed by atoms with Gasteiger partial charge in [-0.3, -0.25) is 9.59 Å². The van der Waals surface area contributed by atoms with E-state index in [0.29, 0.717) is 17.9 Å². The summed E-state index contributed by atoms with van der Waals surface area (Å²) in [6.07, 6.45) is 0.165. The standard InChI is InChI=1S/C19H21O3PS/c1-19(2,18(21)23)11-16(20)13-7-5-8-15(10-13)22-12-14-6-3-4-9-17(14)24/h3-10,24H,11-12,23H2,1-2H3. The molecule has 24 heavy (non-hydrogen) atoms. The zero-order valence-electron chi connectivity index (χ0n) is 13.8. The van der Waals surface area contributed by atoms with Crippen LogP contribution in [0.25, 0.3) is 0 Å². The average molecular weight is 360 g/mol. The van der Waals surface area contributed by atoms with Crippen LogP contribution in [0.5, 0.6) is 5.75 Å². The van der Waals surface area contributed by atoms with Crippen LogP contribution in [0.3, 0.4) is 0 Å². The minimum Gasteiger partial charge on any atom is -0.489 e. The Hall–Kier alpha value is -1.64. The Morgan fingerprint density at radius 3 is 2.50 bits per heavy atom. The fraction of sp³-hybridized carbons (Fsp3) is 0.263. The molecule has 0 radical (unpaired) electrons. The van der Waals surface area contributed by atoms with Crippen molar-refractivity contribution in [2.24, 2.45) is 5.41 Å². The first-order valence-electron chi connectivity index (χ1n) is 7.62. The van der Waals surface area contributed by atoms with E-state index in [1.807, 2.05) is 30.3 Å². The Balaban J connectivity index is 2.07. The van der Waals surface area contributed by atoms with Gasteiger partial charge in [0.15, 0.2) is 11.3 Å². The maximum atomic E-state index is 12.4. The summed E-state index contributed by atoms with van der Waals surface area (Å²) in [5.41, 5.74) is 0.760. The van der Waals surface area contributed by atoms with Crippen molar-refractivity contribution in [1.82, 2.24) is 0 Å². The van der Waals surface area contributed by atoms with Crippen LogP contribution in [0.1, 0.15) is 36.2 Å². The number of Topliss-reactive ketones (excluding diaryl/α,β-unsaturated/α-hetero) is 1. The van der Waals surface area contributed by atoms with Crippen molar-refractivity contribution in [3.05, 3.63) is 59.7 Å². The number of benzene rings is 2. The van der Waals surface area contributed by atoms with Crippen molar-refractivity contribution < 1.29 is 14.3 Å². The first-order valence-corrected chi connectivity index (χ1v) is 8.65. The van der Waals surface area contributed by atoms with Gasteiger partial charge >= 0.3 is 0 Å². The van der Waals surface area contributed by atoms with Gasteiger partial charge in [0.25, 0.3) is 0 Å². The Morgan fingerprint density at radius 1 is 1.12 bits per heavy atom. The van der Waals surface area contributed by atoms with Gasteiger partial charge in [-0.1, -0.05) is 53.4 Å². The summed E-state index contributed by atoms with van der Waals surface area (Å²) in [7, 11) is 2.15. The van der Waals surface area contributed by atoms with Crippen LogP contribution in [0.15, 0.2) is 53.4 Å². The van der Waals surface area contributed by atoms with Gasteiger partial charge in [-0.05, 0) is 18.2 Å². The van der Waals surface area contributed by atoms with Gasteiger partial charge in [0.05, 0.1) is 0 Å². The van der Waals surface area contributed by atoms with Crippen molar-refractivity contribution in [2.45, 2.75) is 31.8 Å². The highest BCUT2D eigenvalue weighted by atomic mass is 32.1. The molecule has 126 valence electrons. The van der Waals surface area contributed by atoms with Crippen molar-refractivity contribution in [2.75, 3.05) is 0 Å². The van der Waals surface area contributed by atoms with Crippen molar-refractivity contribution in [3.8, 4) is 5.75 Å². The molecule has 0 N–H and O–H groups in total. The molecule has 0 amide bonds. The minimum atomic E-state index is -0.691. The zero-order valence-corrected chi connectivity index (χ0v) is 15.8. The van der Waals surface area contributed by atoms with Gasteiger partial charge in [-0.15, -0.1) is 12.6 Å². The number of rotatable bonds is 7. The molecule has 0 aromatic heterocycles. The summed E-state index contributed by atoms with van der Waals surface area (Å²) in [5, 5.41) is 0. The number of hydrogen-bond donors (Lipinski definition) is 1. The molecule has 5 heteroatoms. The Labute approximate surface area is 150 Å². The van der Waals surface area contributed by atoms with E-state index in [-0.39, 0.29) is 17.7 Å². The largest absolute Gasteiger partial charge is 0.489 e. The number of ether oxygens (including phenoxy) is 1. The fourth-order valence-electron chi connectivity index (χ4n) is 2.14. The monoisotopic (exact) mass is 360 g/mol. The molecule has 0 bridgehead atoms. The molecule has 2 aromatic rings. The third-order valence-electron chi connectivity index (χ3n) is 3.81. The molecule has 2 rings (SSSR count). The minimum absolute atomic E-state index is 0.0733. The second-order valence-electron chi connectivity index (χ2n) is 6.29. The molecule has 0 saturated carbocycles. The van der Waals surface area contributed by atoms with E-state index in [1.54, 1.807) is 32.0 Å². The van der Waals surface area contributed by atoms with Crippen LogP contribution in [0.2, 0.25) is 0 Å². The predicted molar refractivity (Wildman–Crippen MR) is 102 cm³/mol. The molecule has 1 atom stereocenters. The summed E-state index contributed by atoms with van der Waals surface area (Å²) in [6, 6.07) is 14.8. The van der Waals surface area contributed by atoms with Crippen molar-refractivity contribution >= 4 is 33.2 Å². The lowest BCUT2D eigenvalue weighted by Gasteiger charge is -2.19. The topological polar surface area (TPSA) is 43.4 Å². The molecule has 0 saturated heterocycles. The van der Waals surface area contributed by atoms with Crippen LogP contribution < -0.4 is 4.74 Å². The maximum absolute atomic E-state index is 12.4. The van der Waals surface area contributed by atoms with E-state index in [0.717, 1.165) is 10.5 Å². The predicted octanol–water partition coefficient (Wildman–Crippen LogP) is 4.56. The van der Waals surface area contributed by atoms with Crippen LogP contribution >= 0.6 is 21.9 Å². The number of carbonyl (C=O) groups excluding carboxylic acids is 2. The van der Waals surface area contributed by atoms with Gasteiger partial charge in [-0.25, -0.2) is 0 Å². The molecule has 2 aromatic carbocycles. The van der Waals surface area contributed by atoms with E-state index >= 15 is 0 Å². The van der Waals surface area contributed by atoms with Crippen LogP contribution in [-0.2, 0) is 11.4 Å². The molecule has 3 nitrogen and oxygen atoms in total. The molecule has 0 aliphatic rings. The lowest BCUT2D eigenvalue weighted by molar-refractivity contribution is -0.118. The molecule has 0 fully saturated rings. The van der Waals surface area contributed by atoms with Crippen LogP contribution in [0.4, 0.5) is 0 Å². The second-order valence-corrected chi connectivity index (χ2v) is 7.30. The lowest BCUT2D eigenvalue weighted by Crippen LogP contribution is -2.23. The SMILES string of the molecule is CC(C)(CC(=O)c1cccc(OCc2ccccc2S)c1)C(=O)P. The molecule has 0 heterocycles. The summed E-state index contributed by atoms with van der Waals surface area (Å²) in [5.74, 6) is 0.545. The third-order valence-corrected chi connectivity index (χ3v) is 5.03. The molecule has 1 unspecified atom stereocenters. The summed E-state index contributed by atoms with van der Waals surface area (Å²) in [6.45, 7) is 3.92. The summed E-state index contributed by atoms with van der Waals surface area (Å²) in [4.78, 5) is 24.9. The third kappa shape index (κ3) is 4.93. The number of ketones is 1. The Morgan fingerprint density at radius 2 is 1.83 bits per heavy atom. The number of thiol groups is 1. The second kappa shape index (κ2) is 7.96. The first kappa shape index (κ1) is 18.7. The van der Waals surface area contributed by atoms with Gasteiger partial charge in [0.1, 0.15) is 12.4 Å². The van der Waals surface area contributed by atoms with E-state index in [1.165, 1.54) is 0 Å². The van der Waals surface area contributed by atoms with E-state index in [2.05, 4.69) is 21.9 Å². The van der Waals surface area contributed by atoms with Crippen molar-refractivity contribution in [1.29, 1.82) is 0 Å². The fourth-order valence-corrected chi connectivity index (χ4v) is 2.47. The molecular weight excluding hydrogens is 339 g/mol. The molecule has 0 aliphatic heterocycles. The lowest BCUT2D eigenvalue weighted by atomic mass is 9.87. The number of hydrogen-bond acceptors (Lipinski definition) is 4. The summed E-state index contributed by atoms with van der Waals surface area (Å²) < 4.78 is 5.77. The molecule has 0 spiro atoms. The first-order chi connectivity index (χ1) is 11.3. The average Bonchev–Trinajstić information content (AvgIpc) is 2.54. The van der Waals surface area contributed by atoms with E-state index in [4.69, 9.17) is 4.74 Å². The zero-order chi connectivity index (χ0) is 17.7. The molecule has 0 aliphatic carbocycles. The smallest absolute Gasteiger partial charge is 0.164 e. The Kier molecular flexibility index (Phi) is 6.20. The highest BCUT2D eigenvalue weighted by Crippen LogP contribution is 2.28.